The Labute approximate surface area is 64.3 Å². The lowest BCUT2D eigenvalue weighted by Crippen LogP contribution is -2.24. The van der Waals surface area contributed by atoms with Crippen LogP contribution in [-0.4, -0.2) is 0 Å². The summed E-state index contributed by atoms with van der Waals surface area (Å²) >= 11 is 4.25. The van der Waals surface area contributed by atoms with E-state index in [2.05, 4.69) is 11.8 Å². The maximum atomic E-state index is 10.7. The van der Waals surface area contributed by atoms with E-state index in [0.717, 1.165) is 0 Å². The third-order valence-electron chi connectivity index (χ3n) is 1.07. The first-order chi connectivity index (χ1) is 4.61. The fraction of sp³-hybridized carbons (Fsp3) is 0. The van der Waals surface area contributed by atoms with E-state index in [1.165, 1.54) is 12.1 Å². The van der Waals surface area contributed by atoms with Gasteiger partial charge in [-0.2, -0.15) is 6.49 Å². The molecule has 0 bridgehead atoms. The monoisotopic (exact) mass is 172 g/mol. The molecule has 1 aromatic rings. The highest BCUT2D eigenvalue weighted by molar-refractivity contribution is 8.11. The zero-order valence-corrected chi connectivity index (χ0v) is 6.77. The Morgan fingerprint density at radius 2 is 1.60 bits per heavy atom. The van der Waals surface area contributed by atoms with Crippen LogP contribution < -0.4 is 15.1 Å². The zero-order valence-electron chi connectivity index (χ0n) is 5.06. The first-order valence-electron chi connectivity index (χ1n) is 2.68. The molecule has 0 fully saturated rings. The molecule has 10 heavy (non-hydrogen) atoms. The van der Waals surface area contributed by atoms with Crippen molar-refractivity contribution < 1.29 is 9.79 Å². The van der Waals surface area contributed by atoms with Gasteiger partial charge in [0.15, 0.2) is 0 Å². The van der Waals surface area contributed by atoms with Crippen LogP contribution in [0, 0.1) is 0 Å². The van der Waals surface area contributed by atoms with E-state index in [1.807, 2.05) is 0 Å². The second-order valence-electron chi connectivity index (χ2n) is 1.83. The molecule has 0 saturated carbocycles. The summed E-state index contributed by atoms with van der Waals surface area (Å²) in [5.41, 5.74) is 0. The first-order valence-corrected chi connectivity index (χ1v) is 5.32. The van der Waals surface area contributed by atoms with Crippen molar-refractivity contribution in [3.63, 3.8) is 0 Å². The summed E-state index contributed by atoms with van der Waals surface area (Å²) in [6, 6.07) is 8.01. The lowest BCUT2D eigenvalue weighted by atomic mass is 10.4. The summed E-state index contributed by atoms with van der Waals surface area (Å²) in [6.07, 6.45) is 0. The minimum Gasteiger partial charge on any atom is -0.829 e. The van der Waals surface area contributed by atoms with Crippen molar-refractivity contribution in [1.29, 1.82) is 0 Å². The molecule has 0 unspecified atom stereocenters. The van der Waals surface area contributed by atoms with Crippen molar-refractivity contribution in [2.75, 3.05) is 0 Å². The fourth-order valence-electron chi connectivity index (χ4n) is 0.611. The molecule has 0 aliphatic rings. The molecule has 0 amide bonds. The maximum Gasteiger partial charge on any atom is -0.0439 e. The standard InChI is InChI=1S/C6H7O2PS/c7-9(8,10)6-4-2-1-3-5-6/h1-5H,(H2,7,8,10)/p-2. The topological polar surface area (TPSA) is 46.1 Å². The lowest BCUT2D eigenvalue weighted by Gasteiger charge is -2.35. The molecule has 54 valence electrons. The van der Waals surface area contributed by atoms with Crippen molar-refractivity contribution in [3.8, 4) is 0 Å². The Kier molecular flexibility index (Phi) is 2.21. The molecule has 0 spiro atoms. The quantitative estimate of drug-likeness (QED) is 0.528. The minimum atomic E-state index is -3.68. The van der Waals surface area contributed by atoms with Gasteiger partial charge in [0.05, 0.1) is 0 Å². The van der Waals surface area contributed by atoms with Gasteiger partial charge in [-0.15, -0.1) is 11.8 Å². The van der Waals surface area contributed by atoms with Crippen molar-refractivity contribution in [2.45, 2.75) is 0 Å². The summed E-state index contributed by atoms with van der Waals surface area (Å²) in [6.45, 7) is -3.68. The molecule has 0 saturated heterocycles. The Hall–Kier alpha value is -0.210. The van der Waals surface area contributed by atoms with Gasteiger partial charge in [-0.05, 0) is 5.30 Å². The van der Waals surface area contributed by atoms with Gasteiger partial charge in [-0.25, -0.2) is 0 Å². The average molecular weight is 172 g/mol. The Morgan fingerprint density at radius 1 is 1.10 bits per heavy atom. The van der Waals surface area contributed by atoms with Crippen LogP contribution in [0.1, 0.15) is 0 Å². The highest BCUT2D eigenvalue weighted by Gasteiger charge is 1.87. The molecule has 0 radical (unpaired) electrons. The molecule has 0 aliphatic heterocycles. The third kappa shape index (κ3) is 1.89. The zero-order chi connectivity index (χ0) is 7.61. The maximum absolute atomic E-state index is 10.7. The number of hydrogen-bond acceptors (Lipinski definition) is 3. The highest BCUT2D eigenvalue weighted by Crippen LogP contribution is 2.21. The Bertz CT molecular complexity index is 254. The van der Waals surface area contributed by atoms with Crippen LogP contribution in [0.3, 0.4) is 0 Å². The molecule has 0 heterocycles. The molecule has 0 aliphatic carbocycles. The van der Waals surface area contributed by atoms with Crippen molar-refractivity contribution in [3.05, 3.63) is 30.3 Å². The Balaban J connectivity index is 3.09. The average Bonchev–Trinajstić information content (AvgIpc) is 1.88. The van der Waals surface area contributed by atoms with E-state index in [-0.39, 0.29) is 5.30 Å². The normalized spacial score (nSPS) is 11.4. The summed E-state index contributed by atoms with van der Waals surface area (Å²) in [7, 11) is 0. The third-order valence-corrected chi connectivity index (χ3v) is 2.64. The molecule has 0 N–H and O–H groups in total. The smallest absolute Gasteiger partial charge is 0.0439 e. The molecule has 1 rings (SSSR count). The predicted molar refractivity (Wildman–Crippen MR) is 40.4 cm³/mol. The van der Waals surface area contributed by atoms with E-state index in [1.54, 1.807) is 18.2 Å². The van der Waals surface area contributed by atoms with Crippen LogP contribution >= 0.6 is 6.49 Å². The summed E-state index contributed by atoms with van der Waals surface area (Å²) in [4.78, 5) is 21.4. The highest BCUT2D eigenvalue weighted by atomic mass is 32.5. The van der Waals surface area contributed by atoms with Gasteiger partial charge in [0.1, 0.15) is 0 Å². The molecule has 0 atom stereocenters. The molecular formula is C6H5O2PS-2. The van der Waals surface area contributed by atoms with Crippen LogP contribution in [-0.2, 0) is 11.8 Å². The number of benzene rings is 1. The Morgan fingerprint density at radius 3 is 1.90 bits per heavy atom. The predicted octanol–water partition coefficient (Wildman–Crippen LogP) is -0.658. The van der Waals surface area contributed by atoms with Gasteiger partial charge in [-0.3, -0.25) is 0 Å². The largest absolute Gasteiger partial charge is 0.829 e. The van der Waals surface area contributed by atoms with Crippen LogP contribution in [0.4, 0.5) is 0 Å². The lowest BCUT2D eigenvalue weighted by molar-refractivity contribution is -0.289. The van der Waals surface area contributed by atoms with Gasteiger partial charge in [0.25, 0.3) is 0 Å². The van der Waals surface area contributed by atoms with Crippen LogP contribution in [0.25, 0.3) is 0 Å². The first kappa shape index (κ1) is 7.89. The van der Waals surface area contributed by atoms with Gasteiger partial charge < -0.3 is 9.79 Å². The van der Waals surface area contributed by atoms with Crippen molar-refractivity contribution >= 4 is 23.6 Å². The van der Waals surface area contributed by atoms with E-state index in [4.69, 9.17) is 0 Å². The number of hydrogen-bond donors (Lipinski definition) is 0. The van der Waals surface area contributed by atoms with Gasteiger partial charge in [-0.1, -0.05) is 30.3 Å². The van der Waals surface area contributed by atoms with Crippen LogP contribution in [0.5, 0.6) is 0 Å². The molecule has 4 heteroatoms. The fourth-order valence-corrected chi connectivity index (χ4v) is 1.51. The molecular weight excluding hydrogens is 167 g/mol. The van der Waals surface area contributed by atoms with E-state index in [0.29, 0.717) is 0 Å². The second kappa shape index (κ2) is 2.81. The molecule has 2 nitrogen and oxygen atoms in total. The summed E-state index contributed by atoms with van der Waals surface area (Å²) in [5, 5.41) is 0.213. The van der Waals surface area contributed by atoms with E-state index in [9.17, 15) is 9.79 Å². The second-order valence-corrected chi connectivity index (χ2v) is 4.79. The molecule has 0 aromatic heterocycles. The molecule has 1 aromatic carbocycles. The van der Waals surface area contributed by atoms with E-state index < -0.39 is 6.49 Å². The number of rotatable bonds is 1. The van der Waals surface area contributed by atoms with Crippen LogP contribution in [0.2, 0.25) is 0 Å². The summed E-state index contributed by atoms with van der Waals surface area (Å²) in [5.74, 6) is 0. The van der Waals surface area contributed by atoms with Gasteiger partial charge in [0, 0.05) is 0 Å². The SMILES string of the molecule is [O-]P([O-])(=S)c1ccccc1. The van der Waals surface area contributed by atoms with E-state index >= 15 is 0 Å². The van der Waals surface area contributed by atoms with Crippen molar-refractivity contribution in [1.82, 2.24) is 0 Å². The van der Waals surface area contributed by atoms with Gasteiger partial charge in [0.2, 0.25) is 0 Å². The summed E-state index contributed by atoms with van der Waals surface area (Å²) < 4.78 is 0. The van der Waals surface area contributed by atoms with Crippen molar-refractivity contribution in [2.24, 2.45) is 0 Å². The van der Waals surface area contributed by atoms with Gasteiger partial charge >= 0.3 is 0 Å². The van der Waals surface area contributed by atoms with Crippen LogP contribution in [0.15, 0.2) is 30.3 Å². The minimum absolute atomic E-state index is 0.213.